The molecule has 26 heavy (non-hydrogen) atoms. The summed E-state index contributed by atoms with van der Waals surface area (Å²) in [6.07, 6.45) is 2.42. The van der Waals surface area contributed by atoms with Crippen LogP contribution in [0.5, 0.6) is 0 Å². The van der Waals surface area contributed by atoms with Crippen molar-refractivity contribution in [3.8, 4) is 0 Å². The molecular formula is C21H24FN3O. The van der Waals surface area contributed by atoms with Crippen LogP contribution in [-0.2, 0) is 17.8 Å². The molecule has 1 aliphatic heterocycles. The van der Waals surface area contributed by atoms with Crippen LogP contribution in [0.25, 0.3) is 0 Å². The lowest BCUT2D eigenvalue weighted by Crippen LogP contribution is -2.69. The van der Waals surface area contributed by atoms with Gasteiger partial charge in [0.25, 0.3) is 0 Å². The van der Waals surface area contributed by atoms with E-state index in [1.807, 2.05) is 18.2 Å². The number of carbonyl (C=O) groups excluding carboxylic acids is 1. The molecule has 0 saturated heterocycles. The number of carbonyl (C=O) groups is 1. The molecule has 0 radical (unpaired) electrons. The number of amides is 1. The number of hydrogen-bond donors (Lipinski definition) is 2. The van der Waals surface area contributed by atoms with Crippen LogP contribution >= 0.6 is 0 Å². The van der Waals surface area contributed by atoms with Crippen molar-refractivity contribution in [2.45, 2.75) is 37.4 Å². The summed E-state index contributed by atoms with van der Waals surface area (Å²) >= 11 is 0. The Morgan fingerprint density at radius 1 is 1.19 bits per heavy atom. The highest BCUT2D eigenvalue weighted by Crippen LogP contribution is 2.50. The van der Waals surface area contributed by atoms with Crippen molar-refractivity contribution in [3.05, 3.63) is 71.0 Å². The molecule has 1 amide bonds. The predicted molar refractivity (Wildman–Crippen MR) is 98.5 cm³/mol. The van der Waals surface area contributed by atoms with Gasteiger partial charge in [-0.05, 0) is 48.1 Å². The first-order valence-electron chi connectivity index (χ1n) is 9.15. The van der Waals surface area contributed by atoms with Crippen molar-refractivity contribution in [2.75, 3.05) is 6.54 Å². The number of hydrogen-bond acceptors (Lipinski definition) is 3. The lowest BCUT2D eigenvalue weighted by Gasteiger charge is -2.56. The number of primary amides is 1. The van der Waals surface area contributed by atoms with Crippen molar-refractivity contribution in [2.24, 2.45) is 17.4 Å². The fraction of sp³-hybridized carbons (Fsp3) is 0.381. The van der Waals surface area contributed by atoms with Crippen molar-refractivity contribution in [1.29, 1.82) is 0 Å². The molecule has 1 heterocycles. The molecule has 1 saturated carbocycles. The van der Waals surface area contributed by atoms with Crippen LogP contribution in [0.3, 0.4) is 0 Å². The summed E-state index contributed by atoms with van der Waals surface area (Å²) in [4.78, 5) is 14.8. The lowest BCUT2D eigenvalue weighted by atomic mass is 9.60. The summed E-state index contributed by atoms with van der Waals surface area (Å²) in [6.45, 7) is 1.48. The van der Waals surface area contributed by atoms with Gasteiger partial charge in [0.2, 0.25) is 5.91 Å². The minimum absolute atomic E-state index is 0.105. The van der Waals surface area contributed by atoms with E-state index in [0.717, 1.165) is 24.9 Å². The Bertz CT molecular complexity index is 840. The molecule has 4 N–H and O–H groups in total. The maximum Gasteiger partial charge on any atom is 0.238 e. The van der Waals surface area contributed by atoms with Crippen LogP contribution in [0, 0.1) is 11.7 Å². The Morgan fingerprint density at radius 3 is 2.62 bits per heavy atom. The zero-order chi connectivity index (χ0) is 18.3. The lowest BCUT2D eigenvalue weighted by molar-refractivity contribution is -0.147. The smallest absolute Gasteiger partial charge is 0.238 e. The number of nitrogens with two attached hydrogens (primary N) is 2. The topological polar surface area (TPSA) is 72.4 Å². The van der Waals surface area contributed by atoms with Gasteiger partial charge in [-0.3, -0.25) is 9.69 Å². The van der Waals surface area contributed by atoms with Gasteiger partial charge in [-0.2, -0.15) is 0 Å². The third-order valence-corrected chi connectivity index (χ3v) is 6.24. The van der Waals surface area contributed by atoms with Crippen LogP contribution in [0.1, 0.15) is 35.6 Å². The first kappa shape index (κ1) is 17.2. The first-order valence-corrected chi connectivity index (χ1v) is 9.15. The van der Waals surface area contributed by atoms with Gasteiger partial charge in [0, 0.05) is 25.0 Å². The van der Waals surface area contributed by atoms with E-state index in [9.17, 15) is 9.18 Å². The quantitative estimate of drug-likeness (QED) is 0.887. The van der Waals surface area contributed by atoms with E-state index < -0.39 is 11.6 Å². The van der Waals surface area contributed by atoms with Gasteiger partial charge in [-0.25, -0.2) is 4.39 Å². The van der Waals surface area contributed by atoms with E-state index in [1.54, 1.807) is 6.07 Å². The molecule has 1 fully saturated rings. The Balaban J connectivity index is 1.64. The normalized spacial score (nSPS) is 26.6. The first-order chi connectivity index (χ1) is 12.5. The van der Waals surface area contributed by atoms with Gasteiger partial charge in [0.1, 0.15) is 11.4 Å². The Hall–Kier alpha value is -2.24. The number of halogens is 1. The molecule has 3 unspecified atom stereocenters. The van der Waals surface area contributed by atoms with Crippen molar-refractivity contribution in [1.82, 2.24) is 4.90 Å². The maximum absolute atomic E-state index is 13.6. The van der Waals surface area contributed by atoms with E-state index in [2.05, 4.69) is 17.0 Å². The highest BCUT2D eigenvalue weighted by atomic mass is 19.1. The molecule has 4 rings (SSSR count). The summed E-state index contributed by atoms with van der Waals surface area (Å²) in [5.74, 6) is -0.735. The molecule has 1 aliphatic carbocycles. The standard InChI is InChI=1S/C21H24FN3O/c22-17-7-3-6-15(12-17)19(23)18-8-10-21(18,20(24)26)25-11-9-14-4-1-2-5-16(14)13-25/h1-7,12,18-19H,8-11,13,23H2,(H2,24,26). The van der Waals surface area contributed by atoms with E-state index in [4.69, 9.17) is 11.5 Å². The average Bonchev–Trinajstić information content (AvgIpc) is 2.61. The van der Waals surface area contributed by atoms with Gasteiger partial charge in [-0.1, -0.05) is 36.4 Å². The van der Waals surface area contributed by atoms with Crippen LogP contribution in [0.15, 0.2) is 48.5 Å². The molecule has 0 aromatic heterocycles. The summed E-state index contributed by atoms with van der Waals surface area (Å²) in [5, 5.41) is 0. The molecule has 0 spiro atoms. The van der Waals surface area contributed by atoms with Gasteiger partial charge in [0.05, 0.1) is 0 Å². The zero-order valence-corrected chi connectivity index (χ0v) is 14.7. The SMILES string of the molecule is NC(=O)C1(N2CCc3ccccc3C2)CCC1C(N)c1cccc(F)c1. The fourth-order valence-corrected chi connectivity index (χ4v) is 4.70. The van der Waals surface area contributed by atoms with Crippen LogP contribution < -0.4 is 11.5 Å². The number of rotatable bonds is 4. The molecule has 136 valence electrons. The monoisotopic (exact) mass is 353 g/mol. The average molecular weight is 353 g/mol. The Morgan fingerprint density at radius 2 is 1.96 bits per heavy atom. The number of nitrogens with zero attached hydrogens (tertiary/aromatic N) is 1. The van der Waals surface area contributed by atoms with Crippen LogP contribution in [0.2, 0.25) is 0 Å². The Kier molecular flexibility index (Phi) is 4.29. The molecular weight excluding hydrogens is 329 g/mol. The molecule has 3 atom stereocenters. The fourth-order valence-electron chi connectivity index (χ4n) is 4.70. The second-order valence-corrected chi connectivity index (χ2v) is 7.45. The third-order valence-electron chi connectivity index (χ3n) is 6.24. The van der Waals surface area contributed by atoms with Gasteiger partial charge < -0.3 is 11.5 Å². The van der Waals surface area contributed by atoms with E-state index in [1.165, 1.54) is 23.3 Å². The summed E-state index contributed by atoms with van der Waals surface area (Å²) in [6, 6.07) is 14.2. The highest BCUT2D eigenvalue weighted by Gasteiger charge is 2.57. The van der Waals surface area contributed by atoms with Gasteiger partial charge >= 0.3 is 0 Å². The minimum atomic E-state index is -0.751. The largest absolute Gasteiger partial charge is 0.368 e. The second kappa shape index (κ2) is 6.49. The van der Waals surface area contributed by atoms with Crippen LogP contribution in [0.4, 0.5) is 4.39 Å². The van der Waals surface area contributed by atoms with Crippen molar-refractivity contribution < 1.29 is 9.18 Å². The molecule has 2 aromatic rings. The number of fused-ring (bicyclic) bond motifs is 1. The second-order valence-electron chi connectivity index (χ2n) is 7.45. The Labute approximate surface area is 153 Å². The van der Waals surface area contributed by atoms with Crippen molar-refractivity contribution >= 4 is 5.91 Å². The molecule has 4 nitrogen and oxygen atoms in total. The maximum atomic E-state index is 13.6. The van der Waals surface area contributed by atoms with Gasteiger partial charge in [0.15, 0.2) is 0 Å². The third kappa shape index (κ3) is 2.63. The highest BCUT2D eigenvalue weighted by molar-refractivity contribution is 5.86. The summed E-state index contributed by atoms with van der Waals surface area (Å²) in [7, 11) is 0. The summed E-state index contributed by atoms with van der Waals surface area (Å²) < 4.78 is 13.6. The molecule has 2 aliphatic rings. The molecule has 0 bridgehead atoms. The zero-order valence-electron chi connectivity index (χ0n) is 14.7. The van der Waals surface area contributed by atoms with Gasteiger partial charge in [-0.15, -0.1) is 0 Å². The summed E-state index contributed by atoms with van der Waals surface area (Å²) in [5.41, 5.74) is 14.9. The van der Waals surface area contributed by atoms with Crippen LogP contribution in [-0.4, -0.2) is 22.9 Å². The molecule has 2 aromatic carbocycles. The molecule has 5 heteroatoms. The van der Waals surface area contributed by atoms with E-state index >= 15 is 0 Å². The van der Waals surface area contributed by atoms with Crippen molar-refractivity contribution in [3.63, 3.8) is 0 Å². The minimum Gasteiger partial charge on any atom is -0.368 e. The van der Waals surface area contributed by atoms with E-state index in [0.29, 0.717) is 13.0 Å². The van der Waals surface area contributed by atoms with E-state index in [-0.39, 0.29) is 17.6 Å². The predicted octanol–water partition coefficient (Wildman–Crippen LogP) is 2.52. The number of benzene rings is 2.